The molecule has 0 aromatic carbocycles. The van der Waals surface area contributed by atoms with Gasteiger partial charge in [0.1, 0.15) is 10.7 Å². The summed E-state index contributed by atoms with van der Waals surface area (Å²) in [6, 6.07) is 6.64. The van der Waals surface area contributed by atoms with Gasteiger partial charge in [-0.2, -0.15) is 0 Å². The normalized spacial score (nSPS) is 11.5. The first-order valence-electron chi connectivity index (χ1n) is 6.40. The third kappa shape index (κ3) is 3.17. The molecule has 2 aromatic heterocycles. The standard InChI is InChI=1S/C13H18N4O2S/c1-2-7-17-10-12(8-11(17)9-14)20(18,19)16-13-5-3-4-6-15-13/h3-6,8,10H,2,7,9,14H2,1H3,(H,15,16). The molecule has 3 N–H and O–H groups in total. The summed E-state index contributed by atoms with van der Waals surface area (Å²) in [5.74, 6) is 0.296. The summed E-state index contributed by atoms with van der Waals surface area (Å²) in [5, 5.41) is 0. The lowest BCUT2D eigenvalue weighted by Gasteiger charge is -2.05. The van der Waals surface area contributed by atoms with E-state index in [9.17, 15) is 8.42 Å². The van der Waals surface area contributed by atoms with E-state index in [2.05, 4.69) is 9.71 Å². The maximum atomic E-state index is 12.3. The van der Waals surface area contributed by atoms with Crippen LogP contribution in [0.15, 0.2) is 41.6 Å². The molecule has 2 rings (SSSR count). The highest BCUT2D eigenvalue weighted by molar-refractivity contribution is 7.92. The third-order valence-corrected chi connectivity index (χ3v) is 4.17. The van der Waals surface area contributed by atoms with E-state index < -0.39 is 10.0 Å². The number of rotatable bonds is 6. The van der Waals surface area contributed by atoms with Crippen molar-refractivity contribution in [3.63, 3.8) is 0 Å². The van der Waals surface area contributed by atoms with Gasteiger partial charge in [-0.3, -0.25) is 4.72 Å². The van der Waals surface area contributed by atoms with Crippen LogP contribution < -0.4 is 10.5 Å². The van der Waals surface area contributed by atoms with Crippen molar-refractivity contribution in [1.29, 1.82) is 0 Å². The Morgan fingerprint density at radius 3 is 2.80 bits per heavy atom. The quantitative estimate of drug-likeness (QED) is 0.846. The third-order valence-electron chi connectivity index (χ3n) is 2.85. The molecule has 0 aliphatic rings. The molecule has 0 atom stereocenters. The molecular formula is C13H18N4O2S. The predicted octanol–water partition coefficient (Wildman–Crippen LogP) is 1.55. The van der Waals surface area contributed by atoms with E-state index in [1.807, 2.05) is 11.5 Å². The molecule has 20 heavy (non-hydrogen) atoms. The summed E-state index contributed by atoms with van der Waals surface area (Å²) in [5.41, 5.74) is 6.44. The van der Waals surface area contributed by atoms with Gasteiger partial charge in [0, 0.05) is 31.2 Å². The van der Waals surface area contributed by atoms with Crippen molar-refractivity contribution in [3.8, 4) is 0 Å². The largest absolute Gasteiger partial charge is 0.349 e. The molecule has 0 spiro atoms. The topological polar surface area (TPSA) is 90.0 Å². The summed E-state index contributed by atoms with van der Waals surface area (Å²) < 4.78 is 28.9. The fraction of sp³-hybridized carbons (Fsp3) is 0.308. The van der Waals surface area contributed by atoms with Crippen molar-refractivity contribution < 1.29 is 8.42 Å². The van der Waals surface area contributed by atoms with Gasteiger partial charge in [-0.25, -0.2) is 13.4 Å². The minimum absolute atomic E-state index is 0.206. The average Bonchev–Trinajstić information content (AvgIpc) is 2.84. The highest BCUT2D eigenvalue weighted by Crippen LogP contribution is 2.17. The van der Waals surface area contributed by atoms with Gasteiger partial charge in [0.15, 0.2) is 0 Å². The van der Waals surface area contributed by atoms with Crippen LogP contribution in [-0.2, 0) is 23.1 Å². The van der Waals surface area contributed by atoms with Crippen LogP contribution in [0.5, 0.6) is 0 Å². The molecule has 0 fully saturated rings. The van der Waals surface area contributed by atoms with Crippen LogP contribution >= 0.6 is 0 Å². The van der Waals surface area contributed by atoms with Crippen molar-refractivity contribution in [2.75, 3.05) is 4.72 Å². The molecule has 0 saturated carbocycles. The van der Waals surface area contributed by atoms with Gasteiger partial charge in [-0.1, -0.05) is 13.0 Å². The number of nitrogens with two attached hydrogens (primary N) is 1. The van der Waals surface area contributed by atoms with Crippen LogP contribution in [0.1, 0.15) is 19.0 Å². The summed E-state index contributed by atoms with van der Waals surface area (Å²) in [7, 11) is -3.63. The summed E-state index contributed by atoms with van der Waals surface area (Å²) >= 11 is 0. The Bertz CT molecular complexity index is 665. The van der Waals surface area contributed by atoms with E-state index in [-0.39, 0.29) is 4.90 Å². The highest BCUT2D eigenvalue weighted by atomic mass is 32.2. The Morgan fingerprint density at radius 1 is 1.40 bits per heavy atom. The maximum absolute atomic E-state index is 12.3. The highest BCUT2D eigenvalue weighted by Gasteiger charge is 2.18. The molecule has 7 heteroatoms. The second-order valence-electron chi connectivity index (χ2n) is 4.39. The molecule has 6 nitrogen and oxygen atoms in total. The number of pyridine rings is 1. The zero-order chi connectivity index (χ0) is 14.6. The van der Waals surface area contributed by atoms with Crippen LogP contribution in [0.4, 0.5) is 5.82 Å². The van der Waals surface area contributed by atoms with E-state index >= 15 is 0 Å². The number of nitrogens with one attached hydrogen (secondary N) is 1. The Labute approximate surface area is 118 Å². The fourth-order valence-corrected chi connectivity index (χ4v) is 2.98. The Kier molecular flexibility index (Phi) is 4.41. The first-order chi connectivity index (χ1) is 9.56. The molecule has 0 unspecified atom stereocenters. The van der Waals surface area contributed by atoms with E-state index in [0.29, 0.717) is 12.4 Å². The smallest absolute Gasteiger partial charge is 0.264 e. The Morgan fingerprint density at radius 2 is 2.20 bits per heavy atom. The Balaban J connectivity index is 2.30. The molecule has 0 aliphatic carbocycles. The minimum Gasteiger partial charge on any atom is -0.349 e. The van der Waals surface area contributed by atoms with E-state index in [0.717, 1.165) is 18.7 Å². The molecular weight excluding hydrogens is 276 g/mol. The molecule has 0 amide bonds. The lowest BCUT2D eigenvalue weighted by atomic mass is 10.4. The number of hydrogen-bond donors (Lipinski definition) is 2. The van der Waals surface area contributed by atoms with Crippen LogP contribution in [0, 0.1) is 0 Å². The number of anilines is 1. The summed E-state index contributed by atoms with van der Waals surface area (Å²) in [4.78, 5) is 4.16. The zero-order valence-electron chi connectivity index (χ0n) is 11.3. The molecule has 108 valence electrons. The van der Waals surface area contributed by atoms with Gasteiger partial charge in [0.2, 0.25) is 0 Å². The monoisotopic (exact) mass is 294 g/mol. The number of sulfonamides is 1. The summed E-state index contributed by atoms with van der Waals surface area (Å²) in [6.07, 6.45) is 4.05. The predicted molar refractivity (Wildman–Crippen MR) is 77.7 cm³/mol. The second-order valence-corrected chi connectivity index (χ2v) is 6.07. The maximum Gasteiger partial charge on any atom is 0.264 e. The Hall–Kier alpha value is -1.86. The zero-order valence-corrected chi connectivity index (χ0v) is 12.1. The lowest BCUT2D eigenvalue weighted by Crippen LogP contribution is -2.13. The van der Waals surface area contributed by atoms with Gasteiger partial charge in [0.25, 0.3) is 10.0 Å². The van der Waals surface area contributed by atoms with E-state index in [4.69, 9.17) is 5.73 Å². The first kappa shape index (κ1) is 14.5. The fourth-order valence-electron chi connectivity index (χ4n) is 1.91. The van der Waals surface area contributed by atoms with Crippen LogP contribution in [0.3, 0.4) is 0 Å². The minimum atomic E-state index is -3.63. The van der Waals surface area contributed by atoms with Gasteiger partial charge >= 0.3 is 0 Å². The van der Waals surface area contributed by atoms with Gasteiger partial charge in [0.05, 0.1) is 0 Å². The van der Waals surface area contributed by atoms with Crippen LogP contribution in [0.2, 0.25) is 0 Å². The van der Waals surface area contributed by atoms with Gasteiger partial charge in [-0.15, -0.1) is 0 Å². The molecule has 0 radical (unpaired) electrons. The lowest BCUT2D eigenvalue weighted by molar-refractivity contribution is 0.599. The van der Waals surface area contributed by atoms with E-state index in [1.54, 1.807) is 30.5 Å². The SMILES string of the molecule is CCCn1cc(S(=O)(=O)Nc2ccccn2)cc1CN. The first-order valence-corrected chi connectivity index (χ1v) is 7.88. The van der Waals surface area contributed by atoms with Crippen molar-refractivity contribution in [3.05, 3.63) is 42.4 Å². The molecule has 0 saturated heterocycles. The van der Waals surface area contributed by atoms with Gasteiger partial charge < -0.3 is 10.3 Å². The van der Waals surface area contributed by atoms with Crippen molar-refractivity contribution in [2.45, 2.75) is 31.3 Å². The second kappa shape index (κ2) is 6.06. The van der Waals surface area contributed by atoms with Crippen molar-refractivity contribution in [1.82, 2.24) is 9.55 Å². The van der Waals surface area contributed by atoms with Crippen LogP contribution in [0.25, 0.3) is 0 Å². The number of hydrogen-bond acceptors (Lipinski definition) is 4. The molecule has 2 aromatic rings. The van der Waals surface area contributed by atoms with E-state index in [1.165, 1.54) is 6.20 Å². The van der Waals surface area contributed by atoms with Crippen molar-refractivity contribution >= 4 is 15.8 Å². The van der Waals surface area contributed by atoms with Gasteiger partial charge in [-0.05, 0) is 24.6 Å². The van der Waals surface area contributed by atoms with Crippen LogP contribution in [-0.4, -0.2) is 18.0 Å². The number of nitrogens with zero attached hydrogens (tertiary/aromatic N) is 2. The average molecular weight is 294 g/mol. The summed E-state index contributed by atoms with van der Waals surface area (Å²) in [6.45, 7) is 3.07. The number of aryl methyl sites for hydroxylation is 1. The molecule has 0 bridgehead atoms. The molecule has 2 heterocycles. The number of aromatic nitrogens is 2. The molecule has 0 aliphatic heterocycles. The van der Waals surface area contributed by atoms with Crippen molar-refractivity contribution in [2.24, 2.45) is 5.73 Å².